The third-order valence-corrected chi connectivity index (χ3v) is 3.63. The van der Waals surface area contributed by atoms with Crippen LogP contribution in [0.5, 0.6) is 0 Å². The zero-order valence-electron chi connectivity index (χ0n) is 9.84. The van der Waals surface area contributed by atoms with Crippen LogP contribution in [-0.4, -0.2) is 18.2 Å². The molecule has 1 unspecified atom stereocenters. The van der Waals surface area contributed by atoms with Gasteiger partial charge in [-0.25, -0.2) is 0 Å². The maximum absolute atomic E-state index is 5.24. The first-order chi connectivity index (χ1) is 7.20. The van der Waals surface area contributed by atoms with Crippen LogP contribution in [0.3, 0.4) is 0 Å². The summed E-state index contributed by atoms with van der Waals surface area (Å²) in [5.41, 5.74) is 2.40. The molecular formula is C12H20N2O. The summed E-state index contributed by atoms with van der Waals surface area (Å²) in [6.07, 6.45) is 2.54. The summed E-state index contributed by atoms with van der Waals surface area (Å²) in [5, 5.41) is 7.45. The molecule has 2 heterocycles. The molecule has 1 aliphatic heterocycles. The highest BCUT2D eigenvalue weighted by Crippen LogP contribution is 2.33. The van der Waals surface area contributed by atoms with Gasteiger partial charge in [0.1, 0.15) is 5.76 Å². The number of hydrogen-bond acceptors (Lipinski definition) is 3. The van der Waals surface area contributed by atoms with E-state index in [4.69, 9.17) is 4.52 Å². The SMILES string of the molecule is Cc1noc(C)c1C(C)C1CCNCC1. The average Bonchev–Trinajstić information content (AvgIpc) is 2.59. The molecule has 0 aromatic carbocycles. The van der Waals surface area contributed by atoms with Gasteiger partial charge in [0.25, 0.3) is 0 Å². The number of piperidine rings is 1. The van der Waals surface area contributed by atoms with Gasteiger partial charge in [0.15, 0.2) is 0 Å². The number of hydrogen-bond donors (Lipinski definition) is 1. The highest BCUT2D eigenvalue weighted by molar-refractivity contribution is 5.25. The summed E-state index contributed by atoms with van der Waals surface area (Å²) >= 11 is 0. The molecule has 3 heteroatoms. The minimum Gasteiger partial charge on any atom is -0.361 e. The molecule has 2 rings (SSSR count). The van der Waals surface area contributed by atoms with Crippen molar-refractivity contribution >= 4 is 0 Å². The van der Waals surface area contributed by atoms with Crippen molar-refractivity contribution < 1.29 is 4.52 Å². The lowest BCUT2D eigenvalue weighted by molar-refractivity contribution is 0.326. The van der Waals surface area contributed by atoms with Crippen molar-refractivity contribution in [1.29, 1.82) is 0 Å². The Morgan fingerprint density at radius 1 is 1.33 bits per heavy atom. The lowest BCUT2D eigenvalue weighted by Crippen LogP contribution is -2.30. The molecule has 15 heavy (non-hydrogen) atoms. The zero-order valence-corrected chi connectivity index (χ0v) is 9.84. The van der Waals surface area contributed by atoms with E-state index in [0.29, 0.717) is 5.92 Å². The Morgan fingerprint density at radius 2 is 2.00 bits per heavy atom. The Balaban J connectivity index is 2.15. The van der Waals surface area contributed by atoms with Gasteiger partial charge in [-0.3, -0.25) is 0 Å². The monoisotopic (exact) mass is 208 g/mol. The van der Waals surface area contributed by atoms with Crippen molar-refractivity contribution in [2.75, 3.05) is 13.1 Å². The van der Waals surface area contributed by atoms with E-state index in [1.54, 1.807) is 0 Å². The van der Waals surface area contributed by atoms with Crippen molar-refractivity contribution in [3.8, 4) is 0 Å². The predicted octanol–water partition coefficient (Wildman–Crippen LogP) is 2.39. The summed E-state index contributed by atoms with van der Waals surface area (Å²) in [5.74, 6) is 2.36. The standard InChI is InChI=1S/C12H20N2O/c1-8(11-4-6-13-7-5-11)12-9(2)14-15-10(12)3/h8,11,13H,4-7H2,1-3H3. The second kappa shape index (κ2) is 4.35. The van der Waals surface area contributed by atoms with Crippen molar-refractivity contribution in [3.63, 3.8) is 0 Å². The van der Waals surface area contributed by atoms with Gasteiger partial charge in [-0.1, -0.05) is 12.1 Å². The van der Waals surface area contributed by atoms with Crippen molar-refractivity contribution in [1.82, 2.24) is 10.5 Å². The van der Waals surface area contributed by atoms with E-state index in [1.807, 2.05) is 13.8 Å². The molecular weight excluding hydrogens is 188 g/mol. The molecule has 0 spiro atoms. The van der Waals surface area contributed by atoms with Gasteiger partial charge >= 0.3 is 0 Å². The summed E-state index contributed by atoms with van der Waals surface area (Å²) in [4.78, 5) is 0. The number of aryl methyl sites for hydroxylation is 2. The Labute approximate surface area is 91.2 Å². The van der Waals surface area contributed by atoms with Gasteiger partial charge < -0.3 is 9.84 Å². The lowest BCUT2D eigenvalue weighted by Gasteiger charge is -2.28. The van der Waals surface area contributed by atoms with E-state index in [1.165, 1.54) is 18.4 Å². The molecule has 0 saturated carbocycles. The molecule has 1 aliphatic rings. The van der Waals surface area contributed by atoms with Gasteiger partial charge in [-0.05, 0) is 51.6 Å². The van der Waals surface area contributed by atoms with Crippen LogP contribution in [0.25, 0.3) is 0 Å². The molecule has 1 aromatic rings. The summed E-state index contributed by atoms with van der Waals surface area (Å²) < 4.78 is 5.24. The van der Waals surface area contributed by atoms with E-state index in [0.717, 1.165) is 30.5 Å². The van der Waals surface area contributed by atoms with Crippen LogP contribution in [0.15, 0.2) is 4.52 Å². The summed E-state index contributed by atoms with van der Waals surface area (Å²) in [6, 6.07) is 0. The van der Waals surface area contributed by atoms with Crippen LogP contribution in [0.1, 0.15) is 42.7 Å². The van der Waals surface area contributed by atoms with Gasteiger partial charge in [0, 0.05) is 5.56 Å². The summed E-state index contributed by atoms with van der Waals surface area (Å²) in [7, 11) is 0. The van der Waals surface area contributed by atoms with E-state index in [9.17, 15) is 0 Å². The van der Waals surface area contributed by atoms with Crippen LogP contribution >= 0.6 is 0 Å². The maximum atomic E-state index is 5.24. The van der Waals surface area contributed by atoms with Crippen molar-refractivity contribution in [2.45, 2.75) is 39.5 Å². The van der Waals surface area contributed by atoms with Crippen molar-refractivity contribution in [3.05, 3.63) is 17.0 Å². The van der Waals surface area contributed by atoms with Gasteiger partial charge in [0.05, 0.1) is 5.69 Å². The third-order valence-electron chi connectivity index (χ3n) is 3.63. The molecule has 0 aliphatic carbocycles. The first-order valence-corrected chi connectivity index (χ1v) is 5.83. The first-order valence-electron chi connectivity index (χ1n) is 5.83. The maximum Gasteiger partial charge on any atom is 0.137 e. The molecule has 1 aromatic heterocycles. The Hall–Kier alpha value is -0.830. The number of aromatic nitrogens is 1. The predicted molar refractivity (Wildman–Crippen MR) is 60.0 cm³/mol. The first kappa shape index (κ1) is 10.7. The van der Waals surface area contributed by atoms with E-state index >= 15 is 0 Å². The lowest BCUT2D eigenvalue weighted by atomic mass is 9.81. The fourth-order valence-corrected chi connectivity index (χ4v) is 2.72. The molecule has 3 nitrogen and oxygen atoms in total. The minimum absolute atomic E-state index is 0.582. The van der Waals surface area contributed by atoms with E-state index in [-0.39, 0.29) is 0 Å². The van der Waals surface area contributed by atoms with Crippen molar-refractivity contribution in [2.24, 2.45) is 5.92 Å². The molecule has 0 bridgehead atoms. The quantitative estimate of drug-likeness (QED) is 0.811. The summed E-state index contributed by atoms with van der Waals surface area (Å²) in [6.45, 7) is 8.68. The fraction of sp³-hybridized carbons (Fsp3) is 0.750. The number of nitrogens with zero attached hydrogens (tertiary/aromatic N) is 1. The topological polar surface area (TPSA) is 38.1 Å². The van der Waals surface area contributed by atoms with E-state index in [2.05, 4.69) is 17.4 Å². The Morgan fingerprint density at radius 3 is 2.53 bits per heavy atom. The van der Waals surface area contributed by atoms with Crippen LogP contribution in [-0.2, 0) is 0 Å². The Kier molecular flexibility index (Phi) is 3.10. The third kappa shape index (κ3) is 2.07. The van der Waals surface area contributed by atoms with E-state index < -0.39 is 0 Å². The molecule has 1 N–H and O–H groups in total. The van der Waals surface area contributed by atoms with Crippen LogP contribution in [0.4, 0.5) is 0 Å². The number of nitrogens with one attached hydrogen (secondary N) is 1. The largest absolute Gasteiger partial charge is 0.361 e. The normalized spacial score (nSPS) is 20.5. The smallest absolute Gasteiger partial charge is 0.137 e. The number of rotatable bonds is 2. The van der Waals surface area contributed by atoms with Crippen LogP contribution in [0, 0.1) is 19.8 Å². The highest BCUT2D eigenvalue weighted by atomic mass is 16.5. The molecule has 84 valence electrons. The molecule has 1 atom stereocenters. The van der Waals surface area contributed by atoms with Crippen LogP contribution < -0.4 is 5.32 Å². The zero-order chi connectivity index (χ0) is 10.8. The molecule has 0 radical (unpaired) electrons. The molecule has 1 saturated heterocycles. The van der Waals surface area contributed by atoms with Gasteiger partial charge in [0.2, 0.25) is 0 Å². The van der Waals surface area contributed by atoms with Gasteiger partial charge in [-0.2, -0.15) is 0 Å². The second-order valence-electron chi connectivity index (χ2n) is 4.61. The fourth-order valence-electron chi connectivity index (χ4n) is 2.72. The molecule has 1 fully saturated rings. The molecule has 0 amide bonds. The Bertz CT molecular complexity index is 307. The average molecular weight is 208 g/mol. The highest BCUT2D eigenvalue weighted by Gasteiger charge is 2.25. The minimum atomic E-state index is 0.582. The van der Waals surface area contributed by atoms with Gasteiger partial charge in [-0.15, -0.1) is 0 Å². The van der Waals surface area contributed by atoms with Crippen LogP contribution in [0.2, 0.25) is 0 Å². The second-order valence-corrected chi connectivity index (χ2v) is 4.61.